The van der Waals surface area contributed by atoms with Crippen molar-refractivity contribution in [2.45, 2.75) is 79.0 Å². The third-order valence-corrected chi connectivity index (χ3v) is 6.89. The van der Waals surface area contributed by atoms with E-state index in [1.54, 1.807) is 4.90 Å². The summed E-state index contributed by atoms with van der Waals surface area (Å²) in [6.45, 7) is 13.6. The van der Waals surface area contributed by atoms with Crippen LogP contribution in [-0.2, 0) is 20.8 Å². The van der Waals surface area contributed by atoms with Crippen LogP contribution in [0.1, 0.15) is 59.9 Å². The van der Waals surface area contributed by atoms with Crippen LogP contribution in [0.5, 0.6) is 0 Å². The number of rotatable bonds is 10. The first-order valence-corrected chi connectivity index (χ1v) is 14.0. The normalized spacial score (nSPS) is 17.2. The van der Waals surface area contributed by atoms with Gasteiger partial charge < -0.3 is 26.0 Å². The molecule has 0 spiro atoms. The molecule has 8 nitrogen and oxygen atoms in total. The molecule has 1 aliphatic rings. The molecule has 40 heavy (non-hydrogen) atoms. The summed E-state index contributed by atoms with van der Waals surface area (Å²) in [7, 11) is 0. The Bertz CT molecular complexity index is 1160. The highest BCUT2D eigenvalue weighted by atomic mass is 35.5. The fourth-order valence-electron chi connectivity index (χ4n) is 4.82. The minimum Gasteiger partial charge on any atom is -0.390 e. The van der Waals surface area contributed by atoms with Crippen molar-refractivity contribution in [2.75, 3.05) is 26.2 Å². The quantitative estimate of drug-likeness (QED) is 0.347. The van der Waals surface area contributed by atoms with Gasteiger partial charge in [-0.05, 0) is 34.6 Å². The maximum absolute atomic E-state index is 13.4. The van der Waals surface area contributed by atoms with E-state index < -0.39 is 23.6 Å². The lowest BCUT2D eigenvalue weighted by Gasteiger charge is -2.31. The van der Waals surface area contributed by atoms with Crippen molar-refractivity contribution in [3.8, 4) is 0 Å². The highest BCUT2D eigenvalue weighted by molar-refractivity contribution is 5.93. The number of aliphatic hydroxyl groups excluding tert-OH is 1. The lowest BCUT2D eigenvalue weighted by molar-refractivity contribution is -0.145. The zero-order valence-corrected chi connectivity index (χ0v) is 25.6. The molecule has 1 saturated heterocycles. The van der Waals surface area contributed by atoms with Gasteiger partial charge in [0.2, 0.25) is 17.7 Å². The van der Waals surface area contributed by atoms with Crippen molar-refractivity contribution < 1.29 is 19.5 Å². The van der Waals surface area contributed by atoms with Gasteiger partial charge >= 0.3 is 0 Å². The molecule has 9 heteroatoms. The number of carbonyl (C=O) groups is 3. The Morgan fingerprint density at radius 1 is 1.00 bits per heavy atom. The van der Waals surface area contributed by atoms with Crippen LogP contribution in [0.4, 0.5) is 0 Å². The number of nitrogens with one attached hydrogen (secondary N) is 3. The van der Waals surface area contributed by atoms with E-state index in [4.69, 9.17) is 0 Å². The van der Waals surface area contributed by atoms with Crippen LogP contribution in [0.25, 0.3) is 10.8 Å². The van der Waals surface area contributed by atoms with Crippen LogP contribution in [0.15, 0.2) is 42.5 Å². The molecule has 1 fully saturated rings. The standard InChI is InChI=1S/C31H46N4O4.ClH/c1-30(2,3)20-32-18-24(36)19-33-27(37)25(17-21-13-14-22-10-7-8-11-23(22)16-21)34-28(38)26-12-9-15-35(26)29(39)31(4,5)6;/h7-8,10-11,13-14,16,24-26,32,36H,9,12,15,17-20H2,1-6H3,(H,33,37)(H,34,38);1H/t24-,25-,26?;/m1./s1. The summed E-state index contributed by atoms with van der Waals surface area (Å²) in [4.78, 5) is 41.4. The number of aliphatic hydroxyl groups is 1. The summed E-state index contributed by atoms with van der Waals surface area (Å²) in [5, 5.41) is 21.5. The minimum absolute atomic E-state index is 0. The zero-order valence-electron chi connectivity index (χ0n) is 24.8. The van der Waals surface area contributed by atoms with Gasteiger partial charge in [-0.1, -0.05) is 84.0 Å². The summed E-state index contributed by atoms with van der Waals surface area (Å²) in [6.07, 6.45) is 0.842. The molecule has 0 aliphatic carbocycles. The van der Waals surface area contributed by atoms with E-state index >= 15 is 0 Å². The molecule has 4 N–H and O–H groups in total. The number of amides is 3. The first-order chi connectivity index (χ1) is 18.2. The van der Waals surface area contributed by atoms with Gasteiger partial charge in [0, 0.05) is 38.0 Å². The SMILES string of the molecule is CC(C)(C)CNC[C@@H](O)CNC(=O)[C@@H](Cc1ccc2ccccc2c1)NC(=O)C1CCCN1C(=O)C(C)(C)C.Cl. The second-order valence-electron chi connectivity index (χ2n) is 12.9. The number of halogens is 1. The second-order valence-corrected chi connectivity index (χ2v) is 12.9. The Balaban J connectivity index is 0.00000560. The lowest BCUT2D eigenvalue weighted by Crippen LogP contribution is -2.55. The first-order valence-electron chi connectivity index (χ1n) is 14.0. The molecule has 222 valence electrons. The predicted molar refractivity (Wildman–Crippen MR) is 162 cm³/mol. The summed E-state index contributed by atoms with van der Waals surface area (Å²) in [5.41, 5.74) is 0.401. The van der Waals surface area contributed by atoms with Gasteiger partial charge in [-0.15, -0.1) is 12.4 Å². The Morgan fingerprint density at radius 2 is 1.68 bits per heavy atom. The van der Waals surface area contributed by atoms with Crippen molar-refractivity contribution in [1.82, 2.24) is 20.9 Å². The van der Waals surface area contributed by atoms with Crippen molar-refractivity contribution in [3.05, 3.63) is 48.0 Å². The molecule has 1 unspecified atom stereocenters. The van der Waals surface area contributed by atoms with Gasteiger partial charge in [-0.25, -0.2) is 0 Å². The average Bonchev–Trinajstić information content (AvgIpc) is 3.35. The maximum atomic E-state index is 13.4. The molecule has 3 atom stereocenters. The van der Waals surface area contributed by atoms with E-state index in [1.807, 2.05) is 63.2 Å². The molecule has 0 aromatic heterocycles. The fourth-order valence-corrected chi connectivity index (χ4v) is 4.82. The Kier molecular flexibility index (Phi) is 12.0. The lowest BCUT2D eigenvalue weighted by atomic mass is 9.94. The summed E-state index contributed by atoms with van der Waals surface area (Å²) < 4.78 is 0. The summed E-state index contributed by atoms with van der Waals surface area (Å²) >= 11 is 0. The van der Waals surface area contributed by atoms with Crippen LogP contribution in [0, 0.1) is 10.8 Å². The number of hydrogen-bond acceptors (Lipinski definition) is 5. The monoisotopic (exact) mass is 574 g/mol. The minimum atomic E-state index is -0.847. The number of carbonyl (C=O) groups excluding carboxylic acids is 3. The molecule has 0 bridgehead atoms. The zero-order chi connectivity index (χ0) is 28.8. The Labute approximate surface area is 245 Å². The molecule has 0 saturated carbocycles. The van der Waals surface area contributed by atoms with Crippen LogP contribution in [-0.4, -0.2) is 72.1 Å². The van der Waals surface area contributed by atoms with Gasteiger partial charge in [-0.3, -0.25) is 14.4 Å². The Hall–Kier alpha value is -2.68. The molecule has 3 amide bonds. The van der Waals surface area contributed by atoms with E-state index in [2.05, 4.69) is 36.7 Å². The van der Waals surface area contributed by atoms with Gasteiger partial charge in [0.05, 0.1) is 6.10 Å². The highest BCUT2D eigenvalue weighted by Crippen LogP contribution is 2.26. The third-order valence-electron chi connectivity index (χ3n) is 6.89. The summed E-state index contributed by atoms with van der Waals surface area (Å²) in [5.74, 6) is -0.752. The number of nitrogens with zero attached hydrogens (tertiary/aromatic N) is 1. The van der Waals surface area contributed by atoms with Crippen LogP contribution < -0.4 is 16.0 Å². The van der Waals surface area contributed by atoms with Crippen molar-refractivity contribution in [1.29, 1.82) is 0 Å². The summed E-state index contributed by atoms with van der Waals surface area (Å²) in [6, 6.07) is 12.5. The molecule has 2 aromatic rings. The highest BCUT2D eigenvalue weighted by Gasteiger charge is 2.39. The van der Waals surface area contributed by atoms with Crippen molar-refractivity contribution in [2.24, 2.45) is 10.8 Å². The molecule has 0 radical (unpaired) electrons. The fraction of sp³-hybridized carbons (Fsp3) is 0.581. The third kappa shape index (κ3) is 9.75. The first kappa shape index (κ1) is 33.5. The van der Waals surface area contributed by atoms with E-state index in [0.717, 1.165) is 29.3 Å². The topological polar surface area (TPSA) is 111 Å². The van der Waals surface area contributed by atoms with Crippen LogP contribution in [0.3, 0.4) is 0 Å². The van der Waals surface area contributed by atoms with Crippen molar-refractivity contribution in [3.63, 3.8) is 0 Å². The van der Waals surface area contributed by atoms with E-state index in [1.165, 1.54) is 0 Å². The molecule has 3 rings (SSSR count). The largest absolute Gasteiger partial charge is 0.390 e. The molecule has 1 heterocycles. The number of fused-ring (bicyclic) bond motifs is 1. The smallest absolute Gasteiger partial charge is 0.243 e. The maximum Gasteiger partial charge on any atom is 0.243 e. The van der Waals surface area contributed by atoms with Gasteiger partial charge in [0.25, 0.3) is 0 Å². The number of likely N-dealkylation sites (tertiary alicyclic amines) is 1. The number of hydrogen-bond donors (Lipinski definition) is 4. The van der Waals surface area contributed by atoms with E-state index in [0.29, 0.717) is 25.9 Å². The second kappa shape index (κ2) is 14.3. The van der Waals surface area contributed by atoms with Gasteiger partial charge in [0.15, 0.2) is 0 Å². The van der Waals surface area contributed by atoms with Crippen LogP contribution in [0.2, 0.25) is 0 Å². The van der Waals surface area contributed by atoms with E-state index in [9.17, 15) is 19.5 Å². The molecule has 2 aromatic carbocycles. The predicted octanol–water partition coefficient (Wildman–Crippen LogP) is 3.44. The van der Waals surface area contributed by atoms with Crippen molar-refractivity contribution >= 4 is 40.9 Å². The van der Waals surface area contributed by atoms with Gasteiger partial charge in [0.1, 0.15) is 12.1 Å². The van der Waals surface area contributed by atoms with Gasteiger partial charge in [-0.2, -0.15) is 0 Å². The average molecular weight is 575 g/mol. The molecular formula is C31H47ClN4O4. The Morgan fingerprint density at radius 3 is 2.33 bits per heavy atom. The van der Waals surface area contributed by atoms with Crippen LogP contribution >= 0.6 is 12.4 Å². The molecular weight excluding hydrogens is 528 g/mol. The van der Waals surface area contributed by atoms with E-state index in [-0.39, 0.29) is 42.1 Å². The molecule has 1 aliphatic heterocycles. The number of benzene rings is 2.